The van der Waals surface area contributed by atoms with Gasteiger partial charge in [-0.2, -0.15) is 0 Å². The highest BCUT2D eigenvalue weighted by Crippen LogP contribution is 2.14. The fraction of sp³-hybridized carbons (Fsp3) is 0.800. The third-order valence-corrected chi connectivity index (χ3v) is 2.67. The van der Waals surface area contributed by atoms with E-state index >= 15 is 0 Å². The standard InChI is InChI=1S/C10H18N2O2S/c1-2-14-8-3-5-12(6-4-8)10(13)7-9(11)15/h8H,2-7H2,1H3,(H2,11,15). The Morgan fingerprint density at radius 3 is 2.60 bits per heavy atom. The summed E-state index contributed by atoms with van der Waals surface area (Å²) in [5.74, 6) is 0.0393. The molecule has 0 spiro atoms. The van der Waals surface area contributed by atoms with E-state index in [1.807, 2.05) is 11.8 Å². The molecule has 4 nitrogen and oxygen atoms in total. The van der Waals surface area contributed by atoms with Gasteiger partial charge in [-0.1, -0.05) is 12.2 Å². The number of thiocarbonyl (C=S) groups is 1. The number of carbonyl (C=O) groups excluding carboxylic acids is 1. The highest BCUT2D eigenvalue weighted by atomic mass is 32.1. The minimum atomic E-state index is 0.0393. The number of nitrogens with two attached hydrogens (primary N) is 1. The fourth-order valence-corrected chi connectivity index (χ4v) is 1.89. The number of carbonyl (C=O) groups is 1. The average Bonchev–Trinajstić information content (AvgIpc) is 2.18. The largest absolute Gasteiger partial charge is 0.393 e. The zero-order chi connectivity index (χ0) is 11.3. The van der Waals surface area contributed by atoms with Crippen molar-refractivity contribution in [1.29, 1.82) is 0 Å². The van der Waals surface area contributed by atoms with Crippen LogP contribution in [0.15, 0.2) is 0 Å². The summed E-state index contributed by atoms with van der Waals surface area (Å²) in [7, 11) is 0. The Balaban J connectivity index is 2.30. The lowest BCUT2D eigenvalue weighted by Crippen LogP contribution is -2.42. The van der Waals surface area contributed by atoms with Crippen LogP contribution in [0, 0.1) is 0 Å². The number of hydrogen-bond donors (Lipinski definition) is 1. The van der Waals surface area contributed by atoms with Gasteiger partial charge < -0.3 is 15.4 Å². The lowest BCUT2D eigenvalue weighted by atomic mass is 10.1. The van der Waals surface area contributed by atoms with Crippen LogP contribution in [0.4, 0.5) is 0 Å². The van der Waals surface area contributed by atoms with Crippen molar-refractivity contribution in [2.75, 3.05) is 19.7 Å². The zero-order valence-corrected chi connectivity index (χ0v) is 9.89. The van der Waals surface area contributed by atoms with Crippen molar-refractivity contribution in [2.45, 2.75) is 32.3 Å². The summed E-state index contributed by atoms with van der Waals surface area (Å²) in [6, 6.07) is 0. The van der Waals surface area contributed by atoms with Gasteiger partial charge in [0.1, 0.15) is 0 Å². The Kier molecular flexibility index (Phi) is 4.98. The first-order valence-corrected chi connectivity index (χ1v) is 5.72. The second-order valence-corrected chi connectivity index (χ2v) is 4.20. The second kappa shape index (κ2) is 6.02. The fourth-order valence-electron chi connectivity index (χ4n) is 1.77. The van der Waals surface area contributed by atoms with Crippen LogP contribution in [0.3, 0.4) is 0 Å². The molecule has 1 heterocycles. The molecule has 0 saturated carbocycles. The number of ether oxygens (including phenoxy) is 1. The maximum Gasteiger partial charge on any atom is 0.229 e. The van der Waals surface area contributed by atoms with Crippen LogP contribution in [0.5, 0.6) is 0 Å². The Bertz CT molecular complexity index is 238. The first-order valence-electron chi connectivity index (χ1n) is 5.31. The summed E-state index contributed by atoms with van der Waals surface area (Å²) in [6.07, 6.45) is 2.33. The van der Waals surface area contributed by atoms with Crippen molar-refractivity contribution in [3.05, 3.63) is 0 Å². The van der Waals surface area contributed by atoms with Crippen LogP contribution < -0.4 is 5.73 Å². The van der Waals surface area contributed by atoms with Crippen LogP contribution in [0.1, 0.15) is 26.2 Å². The highest BCUT2D eigenvalue weighted by Gasteiger charge is 2.22. The molecule has 0 radical (unpaired) electrons. The van der Waals surface area contributed by atoms with Gasteiger partial charge in [0.15, 0.2) is 0 Å². The zero-order valence-electron chi connectivity index (χ0n) is 9.07. The SMILES string of the molecule is CCOC1CCN(C(=O)CC(N)=S)CC1. The van der Waals surface area contributed by atoms with Gasteiger partial charge in [-0.05, 0) is 19.8 Å². The molecular formula is C10H18N2O2S. The van der Waals surface area contributed by atoms with Gasteiger partial charge >= 0.3 is 0 Å². The normalized spacial score (nSPS) is 17.8. The van der Waals surface area contributed by atoms with Crippen LogP contribution in [0.25, 0.3) is 0 Å². The maximum absolute atomic E-state index is 11.6. The van der Waals surface area contributed by atoms with Gasteiger partial charge in [-0.3, -0.25) is 4.79 Å². The summed E-state index contributed by atoms with van der Waals surface area (Å²) in [6.45, 7) is 4.24. The minimum absolute atomic E-state index is 0.0393. The van der Waals surface area contributed by atoms with Gasteiger partial charge in [0.25, 0.3) is 0 Å². The van der Waals surface area contributed by atoms with E-state index in [4.69, 9.17) is 22.7 Å². The molecule has 15 heavy (non-hydrogen) atoms. The Morgan fingerprint density at radius 1 is 1.53 bits per heavy atom. The van der Waals surface area contributed by atoms with E-state index in [1.165, 1.54) is 0 Å². The minimum Gasteiger partial charge on any atom is -0.393 e. The van der Waals surface area contributed by atoms with E-state index in [9.17, 15) is 4.79 Å². The van der Waals surface area contributed by atoms with Crippen molar-refractivity contribution in [3.63, 3.8) is 0 Å². The Hall–Kier alpha value is -0.680. The molecule has 0 aromatic heterocycles. The van der Waals surface area contributed by atoms with Gasteiger partial charge in [0, 0.05) is 19.7 Å². The van der Waals surface area contributed by atoms with Gasteiger partial charge in [0.05, 0.1) is 17.5 Å². The number of rotatable bonds is 4. The smallest absolute Gasteiger partial charge is 0.229 e. The van der Waals surface area contributed by atoms with Crippen molar-refractivity contribution in [2.24, 2.45) is 5.73 Å². The predicted octanol–water partition coefficient (Wildman–Crippen LogP) is 0.690. The van der Waals surface area contributed by atoms with Crippen LogP contribution in [-0.2, 0) is 9.53 Å². The number of amides is 1. The lowest BCUT2D eigenvalue weighted by molar-refractivity contribution is -0.132. The molecule has 86 valence electrons. The molecule has 1 aliphatic rings. The average molecular weight is 230 g/mol. The summed E-state index contributed by atoms with van der Waals surface area (Å²) < 4.78 is 5.50. The molecule has 1 saturated heterocycles. The number of hydrogen-bond acceptors (Lipinski definition) is 3. The Labute approximate surface area is 95.8 Å². The van der Waals surface area contributed by atoms with E-state index in [0.29, 0.717) is 6.10 Å². The van der Waals surface area contributed by atoms with Crippen LogP contribution in [0.2, 0.25) is 0 Å². The van der Waals surface area contributed by atoms with Gasteiger partial charge in [0.2, 0.25) is 5.91 Å². The molecule has 0 unspecified atom stereocenters. The molecule has 0 aliphatic carbocycles. The molecular weight excluding hydrogens is 212 g/mol. The molecule has 5 heteroatoms. The monoisotopic (exact) mass is 230 g/mol. The molecule has 2 N–H and O–H groups in total. The van der Waals surface area contributed by atoms with E-state index in [0.717, 1.165) is 32.5 Å². The Morgan fingerprint density at radius 2 is 2.13 bits per heavy atom. The highest BCUT2D eigenvalue weighted by molar-refractivity contribution is 7.80. The van der Waals surface area contributed by atoms with Crippen LogP contribution in [-0.4, -0.2) is 41.6 Å². The van der Waals surface area contributed by atoms with E-state index in [-0.39, 0.29) is 17.3 Å². The molecule has 1 fully saturated rings. The molecule has 0 bridgehead atoms. The van der Waals surface area contributed by atoms with Crippen molar-refractivity contribution < 1.29 is 9.53 Å². The lowest BCUT2D eigenvalue weighted by Gasteiger charge is -2.31. The molecule has 1 aliphatic heterocycles. The first kappa shape index (κ1) is 12.4. The summed E-state index contributed by atoms with van der Waals surface area (Å²) in [5, 5.41) is 0. The quantitative estimate of drug-likeness (QED) is 0.722. The number of likely N-dealkylation sites (tertiary alicyclic amines) is 1. The molecule has 1 rings (SSSR count). The van der Waals surface area contributed by atoms with E-state index in [1.54, 1.807) is 0 Å². The number of nitrogens with zero attached hydrogens (tertiary/aromatic N) is 1. The van der Waals surface area contributed by atoms with Crippen molar-refractivity contribution in [3.8, 4) is 0 Å². The summed E-state index contributed by atoms with van der Waals surface area (Å²) in [4.78, 5) is 13.7. The van der Waals surface area contributed by atoms with E-state index in [2.05, 4.69) is 0 Å². The van der Waals surface area contributed by atoms with Crippen LogP contribution >= 0.6 is 12.2 Å². The topological polar surface area (TPSA) is 55.6 Å². The summed E-state index contributed by atoms with van der Waals surface area (Å²) in [5.41, 5.74) is 5.33. The predicted molar refractivity (Wildman–Crippen MR) is 62.6 cm³/mol. The van der Waals surface area contributed by atoms with Gasteiger partial charge in [-0.25, -0.2) is 0 Å². The number of piperidine rings is 1. The van der Waals surface area contributed by atoms with Gasteiger partial charge in [-0.15, -0.1) is 0 Å². The third-order valence-electron chi connectivity index (χ3n) is 2.52. The third kappa shape index (κ3) is 4.13. The first-order chi connectivity index (χ1) is 7.13. The van der Waals surface area contributed by atoms with E-state index < -0.39 is 0 Å². The van der Waals surface area contributed by atoms with Crippen molar-refractivity contribution >= 4 is 23.1 Å². The maximum atomic E-state index is 11.6. The molecule has 1 amide bonds. The summed E-state index contributed by atoms with van der Waals surface area (Å²) >= 11 is 4.71. The molecule has 0 atom stereocenters. The van der Waals surface area contributed by atoms with Crippen molar-refractivity contribution in [1.82, 2.24) is 4.90 Å². The molecule has 0 aromatic rings. The molecule has 0 aromatic carbocycles. The second-order valence-electron chi connectivity index (χ2n) is 3.68.